The van der Waals surface area contributed by atoms with Gasteiger partial charge in [-0.3, -0.25) is 14.7 Å². The van der Waals surface area contributed by atoms with Gasteiger partial charge in [-0.1, -0.05) is 34.6 Å². The fourth-order valence-corrected chi connectivity index (χ4v) is 2.52. The van der Waals surface area contributed by atoms with Gasteiger partial charge in [0, 0.05) is 11.3 Å². The van der Waals surface area contributed by atoms with Gasteiger partial charge in [0.05, 0.1) is 5.69 Å². The first kappa shape index (κ1) is 17.6. The van der Waals surface area contributed by atoms with E-state index in [1.807, 2.05) is 34.6 Å². The van der Waals surface area contributed by atoms with Crippen molar-refractivity contribution in [3.63, 3.8) is 0 Å². The summed E-state index contributed by atoms with van der Waals surface area (Å²) in [4.78, 5) is 28.4. The van der Waals surface area contributed by atoms with Crippen molar-refractivity contribution < 1.29 is 9.59 Å². The maximum absolute atomic E-state index is 10.9. The van der Waals surface area contributed by atoms with E-state index in [1.54, 1.807) is 4.52 Å². The molecule has 0 aliphatic rings. The first-order valence-corrected chi connectivity index (χ1v) is 8.15. The summed E-state index contributed by atoms with van der Waals surface area (Å²) in [5.74, 6) is 1.03. The summed E-state index contributed by atoms with van der Waals surface area (Å²) in [6.07, 6.45) is 1.00. The number of aldehydes is 2. The molecule has 3 aromatic heterocycles. The molecule has 2 N–H and O–H groups in total. The van der Waals surface area contributed by atoms with E-state index >= 15 is 0 Å². The van der Waals surface area contributed by atoms with Crippen LogP contribution in [0.15, 0.2) is 10.2 Å². The number of carbonyl (C=O) groups excluding carboxylic acids is 2. The van der Waals surface area contributed by atoms with Crippen LogP contribution in [-0.4, -0.2) is 42.4 Å². The Labute approximate surface area is 149 Å². The van der Waals surface area contributed by atoms with Crippen molar-refractivity contribution in [2.75, 3.05) is 0 Å². The summed E-state index contributed by atoms with van der Waals surface area (Å²) < 4.78 is 1.73. The number of imidazole rings is 1. The molecule has 0 saturated carbocycles. The Bertz CT molecular complexity index is 974. The smallest absolute Gasteiger partial charge is 0.248 e. The topological polar surface area (TPSA) is 134 Å². The number of nitrogens with zero attached hydrogens (tertiary/aromatic N) is 6. The zero-order valence-corrected chi connectivity index (χ0v) is 15.2. The highest BCUT2D eigenvalue weighted by Crippen LogP contribution is 2.35. The van der Waals surface area contributed by atoms with Crippen LogP contribution in [0, 0.1) is 0 Å². The van der Waals surface area contributed by atoms with E-state index in [-0.39, 0.29) is 28.7 Å². The predicted octanol–water partition coefficient (Wildman–Crippen LogP) is 3.24. The maximum Gasteiger partial charge on any atom is 0.248 e. The summed E-state index contributed by atoms with van der Waals surface area (Å²) >= 11 is 0. The molecule has 10 nitrogen and oxygen atoms in total. The summed E-state index contributed by atoms with van der Waals surface area (Å²) in [7, 11) is 0. The number of H-pyrrole nitrogens is 2. The molecular weight excluding hydrogens is 336 g/mol. The van der Waals surface area contributed by atoms with Gasteiger partial charge < -0.3 is 4.98 Å². The van der Waals surface area contributed by atoms with E-state index in [0.29, 0.717) is 23.9 Å². The minimum Gasteiger partial charge on any atom is -0.318 e. The molecule has 136 valence electrons. The molecule has 0 amide bonds. The van der Waals surface area contributed by atoms with E-state index in [4.69, 9.17) is 0 Å². The second-order valence-corrected chi connectivity index (χ2v) is 7.24. The molecule has 26 heavy (non-hydrogen) atoms. The largest absolute Gasteiger partial charge is 0.318 e. The number of nitrogens with one attached hydrogen (secondary N) is 2. The van der Waals surface area contributed by atoms with Gasteiger partial charge in [0.2, 0.25) is 5.95 Å². The second-order valence-electron chi connectivity index (χ2n) is 7.24. The van der Waals surface area contributed by atoms with Gasteiger partial charge in [-0.25, -0.2) is 4.98 Å². The maximum atomic E-state index is 10.9. The molecule has 0 aliphatic heterocycles. The Morgan fingerprint density at radius 3 is 2.42 bits per heavy atom. The van der Waals surface area contributed by atoms with Crippen LogP contribution in [0.5, 0.6) is 0 Å². The molecule has 0 spiro atoms. The van der Waals surface area contributed by atoms with E-state index in [9.17, 15) is 9.59 Å². The number of fused-ring (bicyclic) bond motifs is 1. The van der Waals surface area contributed by atoms with Crippen LogP contribution in [0.1, 0.15) is 73.0 Å². The highest BCUT2D eigenvalue weighted by Gasteiger charge is 2.27. The fraction of sp³-hybridized carbons (Fsp3) is 0.438. The van der Waals surface area contributed by atoms with Gasteiger partial charge in [-0.05, 0) is 0 Å². The van der Waals surface area contributed by atoms with Crippen LogP contribution >= 0.6 is 0 Å². The molecule has 0 unspecified atom stereocenters. The van der Waals surface area contributed by atoms with Crippen LogP contribution < -0.4 is 0 Å². The fourth-order valence-electron chi connectivity index (χ4n) is 2.52. The minimum atomic E-state index is -0.277. The molecule has 0 radical (unpaired) electrons. The molecule has 0 fully saturated rings. The molecule has 3 rings (SSSR count). The lowest BCUT2D eigenvalue weighted by molar-refractivity contribution is 0.109. The molecule has 0 atom stereocenters. The molecule has 3 aromatic rings. The van der Waals surface area contributed by atoms with Gasteiger partial charge in [-0.2, -0.15) is 14.7 Å². The number of aromatic amines is 2. The average molecular weight is 356 g/mol. The van der Waals surface area contributed by atoms with E-state index in [1.165, 1.54) is 0 Å². The number of carbonyl (C=O) groups is 2. The first-order valence-electron chi connectivity index (χ1n) is 8.15. The van der Waals surface area contributed by atoms with Gasteiger partial charge in [-0.15, -0.1) is 10.2 Å². The second kappa shape index (κ2) is 6.28. The predicted molar refractivity (Wildman–Crippen MR) is 93.7 cm³/mol. The minimum absolute atomic E-state index is 0.00576. The number of aromatic nitrogens is 6. The Hall–Kier alpha value is -3.17. The molecule has 0 aromatic carbocycles. The van der Waals surface area contributed by atoms with Crippen LogP contribution in [0.25, 0.3) is 5.65 Å². The van der Waals surface area contributed by atoms with Crippen molar-refractivity contribution in [1.29, 1.82) is 0 Å². The summed E-state index contributed by atoms with van der Waals surface area (Å²) in [5.41, 5.74) is 1.69. The molecule has 0 saturated heterocycles. The van der Waals surface area contributed by atoms with Gasteiger partial charge in [0.15, 0.2) is 29.7 Å². The number of hydrogen-bond acceptors (Lipinski definition) is 7. The van der Waals surface area contributed by atoms with E-state index < -0.39 is 0 Å². The Morgan fingerprint density at radius 2 is 1.88 bits per heavy atom. The average Bonchev–Trinajstić information content (AvgIpc) is 3.24. The zero-order chi connectivity index (χ0) is 19.1. The van der Waals surface area contributed by atoms with Crippen LogP contribution in [0.2, 0.25) is 0 Å². The van der Waals surface area contributed by atoms with Crippen molar-refractivity contribution in [3.05, 3.63) is 22.9 Å². The van der Waals surface area contributed by atoms with Crippen molar-refractivity contribution in [1.82, 2.24) is 29.8 Å². The van der Waals surface area contributed by atoms with Crippen molar-refractivity contribution >= 4 is 29.9 Å². The normalized spacial score (nSPS) is 12.5. The van der Waals surface area contributed by atoms with E-state index in [0.717, 1.165) is 11.5 Å². The molecule has 0 bridgehead atoms. The number of azo groups is 1. The third-order valence-electron chi connectivity index (χ3n) is 3.80. The summed E-state index contributed by atoms with van der Waals surface area (Å²) in [6.45, 7) is 10.1. The highest BCUT2D eigenvalue weighted by atomic mass is 16.1. The molecular formula is C16H20N8O2. The Kier molecular flexibility index (Phi) is 4.26. The quantitative estimate of drug-likeness (QED) is 0.534. The van der Waals surface area contributed by atoms with Crippen LogP contribution in [0.4, 0.5) is 11.6 Å². The number of rotatable bonds is 5. The van der Waals surface area contributed by atoms with Gasteiger partial charge in [0.25, 0.3) is 0 Å². The van der Waals surface area contributed by atoms with Crippen LogP contribution in [0.3, 0.4) is 0 Å². The van der Waals surface area contributed by atoms with Crippen LogP contribution in [-0.2, 0) is 5.41 Å². The van der Waals surface area contributed by atoms with Crippen molar-refractivity contribution in [3.8, 4) is 0 Å². The van der Waals surface area contributed by atoms with Gasteiger partial charge >= 0.3 is 0 Å². The standard InChI is InChI=1S/C16H20N8O2/c1-8(2)13-20-21-14-11(12(16(3,4)5)23-24(13)14)19-22-15-17-9(6-25)10(7-26)18-15/h6-8,21H,1-5H3,(H,17,18). The monoisotopic (exact) mass is 356 g/mol. The lowest BCUT2D eigenvalue weighted by Gasteiger charge is -2.15. The lowest BCUT2D eigenvalue weighted by Crippen LogP contribution is -2.13. The molecule has 0 aliphatic carbocycles. The summed E-state index contributed by atoms with van der Waals surface area (Å²) in [6, 6.07) is 0. The third-order valence-corrected chi connectivity index (χ3v) is 3.80. The van der Waals surface area contributed by atoms with Gasteiger partial charge in [0.1, 0.15) is 11.4 Å². The SMILES string of the molecule is CC(C)c1n[nH]c2c(N=Nc3nc(C=O)c(C=O)[nH]3)c(C(C)(C)C)nn12. The van der Waals surface area contributed by atoms with Crippen molar-refractivity contribution in [2.24, 2.45) is 10.2 Å². The van der Waals surface area contributed by atoms with E-state index in [2.05, 4.69) is 35.5 Å². The number of hydrogen-bond donors (Lipinski definition) is 2. The highest BCUT2D eigenvalue weighted by molar-refractivity contribution is 5.87. The Morgan fingerprint density at radius 1 is 1.15 bits per heavy atom. The molecule has 10 heteroatoms. The molecule has 3 heterocycles. The third kappa shape index (κ3) is 2.93. The zero-order valence-electron chi connectivity index (χ0n) is 15.2. The van der Waals surface area contributed by atoms with Crippen molar-refractivity contribution in [2.45, 2.75) is 46.0 Å². The first-order chi connectivity index (χ1) is 12.3. The lowest BCUT2D eigenvalue weighted by atomic mass is 9.91. The Balaban J connectivity index is 2.12. The summed E-state index contributed by atoms with van der Waals surface area (Å²) in [5, 5.41) is 20.2.